The lowest BCUT2D eigenvalue weighted by Crippen LogP contribution is -2.60. The van der Waals surface area contributed by atoms with E-state index in [0.717, 1.165) is 30.4 Å². The van der Waals surface area contributed by atoms with Crippen LogP contribution in [0.5, 0.6) is 0 Å². The minimum absolute atomic E-state index is 0.0597. The summed E-state index contributed by atoms with van der Waals surface area (Å²) in [6.45, 7) is 2.98. The van der Waals surface area contributed by atoms with Crippen molar-refractivity contribution in [3.05, 3.63) is 59.4 Å². The molecule has 3 N–H and O–H groups in total. The third kappa shape index (κ3) is 4.91. The maximum absolute atomic E-state index is 12.9. The summed E-state index contributed by atoms with van der Waals surface area (Å²) in [5.74, 6) is -0.826. The first kappa shape index (κ1) is 22.9. The van der Waals surface area contributed by atoms with Crippen LogP contribution in [0.15, 0.2) is 48.1 Å². The fourth-order valence-electron chi connectivity index (χ4n) is 4.48. The van der Waals surface area contributed by atoms with E-state index in [9.17, 15) is 9.59 Å². The molecular formula is C23H27N5O4S. The van der Waals surface area contributed by atoms with Crippen molar-refractivity contribution in [2.45, 2.75) is 31.2 Å². The zero-order valence-corrected chi connectivity index (χ0v) is 19.2. The largest absolute Gasteiger partial charge is 0.481 e. The summed E-state index contributed by atoms with van der Waals surface area (Å²) in [6.07, 6.45) is 5.82. The molecule has 0 radical (unpaired) electrons. The summed E-state index contributed by atoms with van der Waals surface area (Å²) in [5, 5.41) is 15.3. The van der Waals surface area contributed by atoms with Crippen molar-refractivity contribution in [3.63, 3.8) is 0 Å². The molecule has 2 amide bonds. The number of piperazine rings is 1. The van der Waals surface area contributed by atoms with E-state index in [1.54, 1.807) is 11.3 Å². The second kappa shape index (κ2) is 9.72. The smallest absolute Gasteiger partial charge is 0.300 e. The first-order chi connectivity index (χ1) is 15.9. The molecule has 2 saturated heterocycles. The van der Waals surface area contributed by atoms with Crippen molar-refractivity contribution in [3.8, 4) is 0 Å². The molecule has 2 aromatic heterocycles. The number of nitrogens with one attached hydrogen (secondary N) is 2. The Morgan fingerprint density at radius 2 is 1.91 bits per heavy atom. The van der Waals surface area contributed by atoms with Gasteiger partial charge < -0.3 is 15.3 Å². The van der Waals surface area contributed by atoms with Gasteiger partial charge in [-0.05, 0) is 18.4 Å². The summed E-state index contributed by atoms with van der Waals surface area (Å²) < 4.78 is 2.08. The molecule has 0 spiro atoms. The second-order valence-electron chi connectivity index (χ2n) is 8.25. The highest BCUT2D eigenvalue weighted by Gasteiger charge is 2.42. The normalized spacial score (nSPS) is 20.0. The minimum atomic E-state index is -0.833. The molecule has 3 aromatic rings. The molecule has 1 atom stereocenters. The number of nitrogens with zero attached hydrogens (tertiary/aromatic N) is 3. The lowest BCUT2D eigenvalue weighted by Gasteiger charge is -2.42. The van der Waals surface area contributed by atoms with E-state index in [-0.39, 0.29) is 29.8 Å². The predicted molar refractivity (Wildman–Crippen MR) is 124 cm³/mol. The molecule has 5 rings (SSSR count). The van der Waals surface area contributed by atoms with Crippen molar-refractivity contribution in [2.75, 3.05) is 26.2 Å². The van der Waals surface area contributed by atoms with Crippen molar-refractivity contribution in [2.24, 2.45) is 0 Å². The van der Waals surface area contributed by atoms with E-state index >= 15 is 0 Å². The van der Waals surface area contributed by atoms with Crippen LogP contribution in [0.4, 0.5) is 0 Å². The van der Waals surface area contributed by atoms with Crippen molar-refractivity contribution >= 4 is 34.1 Å². The third-order valence-electron chi connectivity index (χ3n) is 6.15. The molecule has 33 heavy (non-hydrogen) atoms. The number of amides is 2. The summed E-state index contributed by atoms with van der Waals surface area (Å²) in [5.41, 5.74) is 2.13. The van der Waals surface area contributed by atoms with Crippen LogP contribution in [0.3, 0.4) is 0 Å². The van der Waals surface area contributed by atoms with Gasteiger partial charge in [-0.1, -0.05) is 30.3 Å². The van der Waals surface area contributed by atoms with Crippen molar-refractivity contribution in [1.29, 1.82) is 0 Å². The Kier molecular flexibility index (Phi) is 6.75. The summed E-state index contributed by atoms with van der Waals surface area (Å²) in [7, 11) is 0. The number of benzene rings is 1. The fraction of sp³-hybridized carbons (Fsp3) is 0.391. The van der Waals surface area contributed by atoms with Gasteiger partial charge >= 0.3 is 0 Å². The molecule has 174 valence electrons. The van der Waals surface area contributed by atoms with Crippen LogP contribution in [0.1, 0.15) is 31.0 Å². The first-order valence-corrected chi connectivity index (χ1v) is 11.7. The number of carboxylic acids is 1. The molecule has 2 fully saturated rings. The number of rotatable bonds is 3. The highest BCUT2D eigenvalue weighted by atomic mass is 32.1. The molecule has 0 saturated carbocycles. The lowest BCUT2D eigenvalue weighted by atomic mass is 9.70. The van der Waals surface area contributed by atoms with Gasteiger partial charge in [-0.15, -0.1) is 11.3 Å². The highest BCUT2D eigenvalue weighted by Crippen LogP contribution is 2.41. The lowest BCUT2D eigenvalue weighted by molar-refractivity contribution is -0.136. The van der Waals surface area contributed by atoms with Gasteiger partial charge in [-0.2, -0.15) is 0 Å². The number of piperidine rings is 1. The predicted octanol–water partition coefficient (Wildman–Crippen LogP) is 1.48. The minimum Gasteiger partial charge on any atom is -0.481 e. The second-order valence-corrected chi connectivity index (χ2v) is 9.12. The van der Waals surface area contributed by atoms with E-state index in [2.05, 4.69) is 45.5 Å². The van der Waals surface area contributed by atoms with Gasteiger partial charge in [-0.25, -0.2) is 4.98 Å². The van der Waals surface area contributed by atoms with Crippen LogP contribution < -0.4 is 10.6 Å². The number of aliphatic carboxylic acids is 1. The first-order valence-electron chi connectivity index (χ1n) is 10.9. The molecule has 4 heterocycles. The Hall–Kier alpha value is -3.24. The Labute approximate surface area is 195 Å². The maximum atomic E-state index is 12.9. The van der Waals surface area contributed by atoms with E-state index in [1.807, 2.05) is 22.5 Å². The van der Waals surface area contributed by atoms with Crippen LogP contribution in [-0.2, 0) is 19.8 Å². The van der Waals surface area contributed by atoms with Crippen LogP contribution in [0.25, 0.3) is 4.96 Å². The Balaban J connectivity index is 0.000000601. The van der Waals surface area contributed by atoms with Gasteiger partial charge in [-0.3, -0.25) is 24.1 Å². The average Bonchev–Trinajstić information content (AvgIpc) is 3.42. The van der Waals surface area contributed by atoms with E-state index < -0.39 is 5.97 Å². The standard InChI is InChI=1S/C21H23N5O2S.C2H4O2/c27-18-13-22-16(12-23-18)19(28)25-8-6-21(7-9-25,15-4-2-1-3-5-15)17-14-26-10-11-29-20(26)24-17;1-2(3)4/h1-5,10-11,14,16,22H,6-9,12-13H2,(H,23,27);1H3,(H,3,4). The quantitative estimate of drug-likeness (QED) is 0.535. The summed E-state index contributed by atoms with van der Waals surface area (Å²) in [4.78, 5) is 41.1. The maximum Gasteiger partial charge on any atom is 0.300 e. The van der Waals surface area contributed by atoms with Gasteiger partial charge in [0.05, 0.1) is 12.2 Å². The number of imidazole rings is 1. The topological polar surface area (TPSA) is 116 Å². The molecule has 0 aliphatic carbocycles. The zero-order chi connectivity index (χ0) is 23.4. The number of hydrogen-bond donors (Lipinski definition) is 3. The number of hydrogen-bond acceptors (Lipinski definition) is 6. The molecule has 9 nitrogen and oxygen atoms in total. The number of carbonyl (C=O) groups excluding carboxylic acids is 2. The number of likely N-dealkylation sites (tertiary alicyclic amines) is 1. The SMILES string of the molecule is CC(=O)O.O=C1CNC(C(=O)N2CCC(c3ccccc3)(c3cn4ccsc4n3)CC2)CN1. The Bertz CT molecular complexity index is 1090. The molecule has 2 aliphatic rings. The van der Waals surface area contributed by atoms with Crippen LogP contribution in [0, 0.1) is 0 Å². The van der Waals surface area contributed by atoms with Crippen LogP contribution >= 0.6 is 11.3 Å². The van der Waals surface area contributed by atoms with Crippen LogP contribution in [-0.4, -0.2) is 69.4 Å². The number of fused-ring (bicyclic) bond motifs is 1. The third-order valence-corrected chi connectivity index (χ3v) is 6.92. The van der Waals surface area contributed by atoms with Gasteiger partial charge in [0.15, 0.2) is 4.96 Å². The monoisotopic (exact) mass is 469 g/mol. The van der Waals surface area contributed by atoms with E-state index in [4.69, 9.17) is 14.9 Å². The van der Waals surface area contributed by atoms with Gasteiger partial charge in [0.1, 0.15) is 6.04 Å². The molecule has 10 heteroatoms. The van der Waals surface area contributed by atoms with E-state index in [1.165, 1.54) is 5.56 Å². The zero-order valence-electron chi connectivity index (χ0n) is 18.4. The Morgan fingerprint density at radius 1 is 1.21 bits per heavy atom. The molecular weight excluding hydrogens is 442 g/mol. The molecule has 0 bridgehead atoms. The van der Waals surface area contributed by atoms with E-state index in [0.29, 0.717) is 19.6 Å². The van der Waals surface area contributed by atoms with Gasteiger partial charge in [0, 0.05) is 49.7 Å². The number of thiazole rings is 1. The average molecular weight is 470 g/mol. The van der Waals surface area contributed by atoms with Crippen molar-refractivity contribution < 1.29 is 19.5 Å². The number of carbonyl (C=O) groups is 3. The number of aromatic nitrogens is 2. The summed E-state index contributed by atoms with van der Waals surface area (Å²) in [6, 6.07) is 10.2. The van der Waals surface area contributed by atoms with Gasteiger partial charge in [0.2, 0.25) is 11.8 Å². The highest BCUT2D eigenvalue weighted by molar-refractivity contribution is 7.15. The molecule has 1 unspecified atom stereocenters. The number of carboxylic acid groups (broad SMARTS) is 1. The summed E-state index contributed by atoms with van der Waals surface area (Å²) >= 11 is 1.64. The Morgan fingerprint density at radius 3 is 2.52 bits per heavy atom. The molecule has 1 aromatic carbocycles. The van der Waals surface area contributed by atoms with Gasteiger partial charge in [0.25, 0.3) is 5.97 Å². The van der Waals surface area contributed by atoms with Crippen LogP contribution in [0.2, 0.25) is 0 Å². The fourth-order valence-corrected chi connectivity index (χ4v) is 5.18. The van der Waals surface area contributed by atoms with Crippen molar-refractivity contribution in [1.82, 2.24) is 24.9 Å². The molecule has 2 aliphatic heterocycles.